The number of hydrogen-bond donors (Lipinski definition) is 0. The standard InChI is InChI=1S/C22H23F4N3O2/c1-14(30)29-9-6-15-12-27-19(16(15)13-29)20(31)28-10-7-21(23,8-11-28)17-4-2-3-5-18(17)22(24,25)26/h2-5H,6-13H2,1H3. The molecule has 0 spiro atoms. The van der Waals surface area contributed by atoms with Gasteiger partial charge in [-0.3, -0.25) is 14.6 Å². The molecule has 0 atom stereocenters. The number of carbonyl (C=O) groups excluding carboxylic acids is 2. The zero-order valence-electron chi connectivity index (χ0n) is 17.1. The second kappa shape index (κ2) is 7.76. The third-order valence-electron chi connectivity index (χ3n) is 6.38. The minimum absolute atomic E-state index is 0.000416. The van der Waals surface area contributed by atoms with E-state index in [-0.39, 0.29) is 43.3 Å². The molecule has 1 aromatic carbocycles. The zero-order chi connectivity index (χ0) is 22.4. The van der Waals surface area contributed by atoms with Gasteiger partial charge in [-0.1, -0.05) is 18.2 Å². The number of piperidine rings is 1. The quantitative estimate of drug-likeness (QED) is 0.665. The highest BCUT2D eigenvalue weighted by Gasteiger charge is 2.45. The lowest BCUT2D eigenvalue weighted by Gasteiger charge is -2.38. The highest BCUT2D eigenvalue weighted by atomic mass is 19.4. The Balaban J connectivity index is 1.48. The van der Waals surface area contributed by atoms with Crippen LogP contribution in [0.1, 0.15) is 37.3 Å². The second-order valence-corrected chi connectivity index (χ2v) is 8.24. The fraction of sp³-hybridized carbons (Fsp3) is 0.500. The van der Waals surface area contributed by atoms with Crippen LogP contribution in [0.5, 0.6) is 0 Å². The van der Waals surface area contributed by atoms with Crippen molar-refractivity contribution in [3.05, 3.63) is 46.5 Å². The van der Waals surface area contributed by atoms with E-state index in [0.717, 1.165) is 17.2 Å². The first-order chi connectivity index (χ1) is 14.6. The molecular weight excluding hydrogens is 414 g/mol. The smallest absolute Gasteiger partial charge is 0.338 e. The number of benzene rings is 1. The molecule has 3 aliphatic heterocycles. The molecule has 2 amide bonds. The maximum Gasteiger partial charge on any atom is 0.416 e. The summed E-state index contributed by atoms with van der Waals surface area (Å²) in [6.07, 6.45) is -4.42. The maximum atomic E-state index is 15.6. The van der Waals surface area contributed by atoms with Crippen molar-refractivity contribution in [1.82, 2.24) is 9.80 Å². The molecule has 0 radical (unpaired) electrons. The van der Waals surface area contributed by atoms with Crippen molar-refractivity contribution in [3.63, 3.8) is 0 Å². The zero-order valence-corrected chi connectivity index (χ0v) is 17.1. The number of aliphatic imine (C=N–C) groups is 1. The molecule has 0 aliphatic carbocycles. The van der Waals surface area contributed by atoms with Crippen molar-refractivity contribution in [1.29, 1.82) is 0 Å². The van der Waals surface area contributed by atoms with E-state index in [0.29, 0.717) is 31.8 Å². The Labute approximate surface area is 177 Å². The summed E-state index contributed by atoms with van der Waals surface area (Å²) in [7, 11) is 0. The molecule has 1 saturated heterocycles. The van der Waals surface area contributed by atoms with Crippen molar-refractivity contribution in [3.8, 4) is 0 Å². The monoisotopic (exact) mass is 437 g/mol. The lowest BCUT2D eigenvalue weighted by molar-refractivity contribution is -0.140. The summed E-state index contributed by atoms with van der Waals surface area (Å²) >= 11 is 0. The maximum absolute atomic E-state index is 15.6. The topological polar surface area (TPSA) is 53.0 Å². The van der Waals surface area contributed by atoms with Crippen molar-refractivity contribution >= 4 is 17.5 Å². The van der Waals surface area contributed by atoms with Crippen LogP contribution in [-0.2, 0) is 21.4 Å². The number of halogens is 4. The molecule has 0 N–H and O–H groups in total. The summed E-state index contributed by atoms with van der Waals surface area (Å²) in [4.78, 5) is 32.2. The molecule has 0 bridgehead atoms. The fourth-order valence-corrected chi connectivity index (χ4v) is 4.56. The van der Waals surface area contributed by atoms with Crippen LogP contribution in [0.2, 0.25) is 0 Å². The molecule has 1 aromatic rings. The predicted molar refractivity (Wildman–Crippen MR) is 106 cm³/mol. The SMILES string of the molecule is CC(=O)N1CCC2=C(C1)C(C(=O)N1CCC(F)(c3ccccc3C(F)(F)F)CC1)=NC2. The Hall–Kier alpha value is -2.71. The van der Waals surface area contributed by atoms with Gasteiger partial charge < -0.3 is 9.80 Å². The van der Waals surface area contributed by atoms with E-state index in [1.165, 1.54) is 30.0 Å². The van der Waals surface area contributed by atoms with E-state index in [1.807, 2.05) is 0 Å². The average molecular weight is 437 g/mol. The number of carbonyl (C=O) groups is 2. The number of rotatable bonds is 2. The van der Waals surface area contributed by atoms with E-state index in [1.54, 1.807) is 4.90 Å². The number of amides is 2. The van der Waals surface area contributed by atoms with Crippen LogP contribution in [0, 0.1) is 0 Å². The molecular formula is C22H23F4N3O2. The Morgan fingerprint density at radius 1 is 1.06 bits per heavy atom. The van der Waals surface area contributed by atoms with Crippen LogP contribution in [0.4, 0.5) is 17.6 Å². The largest absolute Gasteiger partial charge is 0.416 e. The van der Waals surface area contributed by atoms with Crippen LogP contribution < -0.4 is 0 Å². The van der Waals surface area contributed by atoms with Gasteiger partial charge in [-0.25, -0.2) is 4.39 Å². The van der Waals surface area contributed by atoms with Crippen LogP contribution in [0.25, 0.3) is 0 Å². The molecule has 31 heavy (non-hydrogen) atoms. The molecule has 1 fully saturated rings. The van der Waals surface area contributed by atoms with Gasteiger partial charge >= 0.3 is 6.18 Å². The van der Waals surface area contributed by atoms with Crippen LogP contribution in [-0.4, -0.2) is 60.0 Å². The Bertz CT molecular complexity index is 975. The number of hydrogen-bond acceptors (Lipinski definition) is 3. The lowest BCUT2D eigenvalue weighted by atomic mass is 9.83. The van der Waals surface area contributed by atoms with Crippen molar-refractivity contribution < 1.29 is 27.2 Å². The molecule has 3 aliphatic rings. The Morgan fingerprint density at radius 3 is 2.39 bits per heavy atom. The Kier molecular flexibility index (Phi) is 5.39. The fourth-order valence-electron chi connectivity index (χ4n) is 4.56. The highest BCUT2D eigenvalue weighted by Crippen LogP contribution is 2.43. The minimum atomic E-state index is -4.65. The van der Waals surface area contributed by atoms with Gasteiger partial charge in [-0.2, -0.15) is 13.2 Å². The van der Waals surface area contributed by atoms with E-state index in [9.17, 15) is 22.8 Å². The summed E-state index contributed by atoms with van der Waals surface area (Å²) in [5, 5.41) is 0. The number of likely N-dealkylation sites (tertiary alicyclic amines) is 1. The molecule has 0 unspecified atom stereocenters. The molecule has 4 rings (SSSR count). The molecule has 9 heteroatoms. The van der Waals surface area contributed by atoms with E-state index in [2.05, 4.69) is 4.99 Å². The van der Waals surface area contributed by atoms with Crippen molar-refractivity contribution in [2.24, 2.45) is 4.99 Å². The molecule has 0 saturated carbocycles. The van der Waals surface area contributed by atoms with Gasteiger partial charge in [0.1, 0.15) is 11.4 Å². The third-order valence-corrected chi connectivity index (χ3v) is 6.38. The van der Waals surface area contributed by atoms with Gasteiger partial charge in [0.2, 0.25) is 5.91 Å². The van der Waals surface area contributed by atoms with Crippen LogP contribution in [0.15, 0.2) is 40.4 Å². The van der Waals surface area contributed by atoms with Crippen LogP contribution >= 0.6 is 0 Å². The van der Waals surface area contributed by atoms with Gasteiger partial charge in [-0.15, -0.1) is 0 Å². The number of alkyl halides is 4. The van der Waals surface area contributed by atoms with Gasteiger partial charge in [-0.05, 0) is 18.1 Å². The normalized spacial score (nSPS) is 21.1. The molecule has 166 valence electrons. The summed E-state index contributed by atoms with van der Waals surface area (Å²) in [5.74, 6) is -0.421. The predicted octanol–water partition coefficient (Wildman–Crippen LogP) is 3.50. The Morgan fingerprint density at radius 2 is 1.74 bits per heavy atom. The van der Waals surface area contributed by atoms with Gasteiger partial charge in [0.05, 0.1) is 12.1 Å². The summed E-state index contributed by atoms with van der Waals surface area (Å²) in [5.41, 5.74) is -1.41. The minimum Gasteiger partial charge on any atom is -0.338 e. The number of nitrogens with zero attached hydrogens (tertiary/aromatic N) is 3. The van der Waals surface area contributed by atoms with Gasteiger partial charge in [0, 0.05) is 57.1 Å². The first kappa shape index (κ1) is 21.5. The molecule has 5 nitrogen and oxygen atoms in total. The van der Waals surface area contributed by atoms with Gasteiger partial charge in [0.25, 0.3) is 5.91 Å². The summed E-state index contributed by atoms with van der Waals surface area (Å²) in [6, 6.07) is 4.71. The lowest BCUT2D eigenvalue weighted by Crippen LogP contribution is -2.47. The average Bonchev–Trinajstić information content (AvgIpc) is 3.16. The van der Waals surface area contributed by atoms with Crippen LogP contribution in [0.3, 0.4) is 0 Å². The third kappa shape index (κ3) is 3.97. The summed E-state index contributed by atoms with van der Waals surface area (Å²) in [6.45, 7) is 2.82. The van der Waals surface area contributed by atoms with E-state index in [4.69, 9.17) is 0 Å². The van der Waals surface area contributed by atoms with Gasteiger partial charge in [0.15, 0.2) is 0 Å². The van der Waals surface area contributed by atoms with E-state index < -0.39 is 17.4 Å². The van der Waals surface area contributed by atoms with Crippen molar-refractivity contribution in [2.45, 2.75) is 38.0 Å². The first-order valence-electron chi connectivity index (χ1n) is 10.3. The first-order valence-corrected chi connectivity index (χ1v) is 10.3. The van der Waals surface area contributed by atoms with E-state index >= 15 is 4.39 Å². The molecule has 0 aromatic heterocycles. The summed E-state index contributed by atoms with van der Waals surface area (Å²) < 4.78 is 55.6. The second-order valence-electron chi connectivity index (χ2n) is 8.24. The highest BCUT2D eigenvalue weighted by molar-refractivity contribution is 6.46. The van der Waals surface area contributed by atoms with Crippen molar-refractivity contribution in [2.75, 3.05) is 32.7 Å². The molecule has 3 heterocycles.